The molecule has 0 saturated heterocycles. The van der Waals surface area contributed by atoms with Crippen molar-refractivity contribution < 1.29 is 0 Å². The molecule has 0 aliphatic carbocycles. The first-order valence-electron chi connectivity index (χ1n) is 19.1. The minimum absolute atomic E-state index is 0.628. The van der Waals surface area contributed by atoms with Crippen LogP contribution < -0.4 is 0 Å². The second kappa shape index (κ2) is 12.6. The average Bonchev–Trinajstić information content (AvgIpc) is 3.94. The van der Waals surface area contributed by atoms with Gasteiger partial charge in [-0.1, -0.05) is 146 Å². The largest absolute Gasteiger partial charge is 0.309 e. The molecule has 57 heavy (non-hydrogen) atoms. The maximum atomic E-state index is 5.10. The Morgan fingerprint density at radius 3 is 1.53 bits per heavy atom. The number of aromatic nitrogens is 5. The van der Waals surface area contributed by atoms with Crippen LogP contribution in [0.4, 0.5) is 0 Å². The Morgan fingerprint density at radius 1 is 0.333 bits per heavy atom. The van der Waals surface area contributed by atoms with Crippen molar-refractivity contribution in [1.82, 2.24) is 24.1 Å². The van der Waals surface area contributed by atoms with Crippen LogP contribution in [0.5, 0.6) is 0 Å². The van der Waals surface area contributed by atoms with Gasteiger partial charge in [0.1, 0.15) is 0 Å². The van der Waals surface area contributed by atoms with Crippen molar-refractivity contribution in [1.29, 1.82) is 0 Å². The van der Waals surface area contributed by atoms with Gasteiger partial charge in [-0.05, 0) is 42.5 Å². The third-order valence-corrected chi connectivity index (χ3v) is 12.4. The van der Waals surface area contributed by atoms with E-state index in [1.54, 1.807) is 0 Å². The Hall–Kier alpha value is -7.41. The first-order chi connectivity index (χ1) is 28.3. The van der Waals surface area contributed by atoms with E-state index in [1.165, 1.54) is 58.3 Å². The Bertz CT molecular complexity index is 3410. The quantitative estimate of drug-likeness (QED) is 0.176. The summed E-state index contributed by atoms with van der Waals surface area (Å²) in [6.45, 7) is 0. The van der Waals surface area contributed by atoms with E-state index in [2.05, 4.69) is 137 Å². The van der Waals surface area contributed by atoms with Gasteiger partial charge in [0.05, 0.1) is 26.8 Å². The van der Waals surface area contributed by atoms with E-state index in [-0.39, 0.29) is 0 Å². The summed E-state index contributed by atoms with van der Waals surface area (Å²) < 4.78 is 7.41. The lowest BCUT2D eigenvalue weighted by atomic mass is 10.1. The minimum Gasteiger partial charge on any atom is -0.309 e. The van der Waals surface area contributed by atoms with Gasteiger partial charge in [0.2, 0.25) is 0 Å². The summed E-state index contributed by atoms with van der Waals surface area (Å²) in [7, 11) is 0. The molecular formula is C51H31N5S. The lowest BCUT2D eigenvalue weighted by Gasteiger charge is -2.13. The molecule has 0 unspecified atom stereocenters. The van der Waals surface area contributed by atoms with Gasteiger partial charge in [0, 0.05) is 65.1 Å². The van der Waals surface area contributed by atoms with E-state index >= 15 is 0 Å². The summed E-state index contributed by atoms with van der Waals surface area (Å²) >= 11 is 1.86. The fraction of sp³-hybridized carbons (Fsp3) is 0. The number of rotatable bonds is 5. The van der Waals surface area contributed by atoms with Crippen molar-refractivity contribution in [2.45, 2.75) is 0 Å². The fourth-order valence-corrected chi connectivity index (χ4v) is 9.84. The van der Waals surface area contributed by atoms with E-state index in [9.17, 15) is 0 Å². The van der Waals surface area contributed by atoms with Gasteiger partial charge in [-0.15, -0.1) is 11.3 Å². The summed E-state index contributed by atoms with van der Waals surface area (Å²) in [6.07, 6.45) is 0. The summed E-state index contributed by atoms with van der Waals surface area (Å²) in [5.41, 5.74) is 9.68. The molecule has 0 aliphatic rings. The second-order valence-electron chi connectivity index (χ2n) is 14.4. The maximum Gasteiger partial charge on any atom is 0.164 e. The molecule has 0 radical (unpaired) electrons. The van der Waals surface area contributed by atoms with Gasteiger partial charge in [-0.2, -0.15) is 0 Å². The van der Waals surface area contributed by atoms with Gasteiger partial charge >= 0.3 is 0 Å². The lowest BCUT2D eigenvalue weighted by molar-refractivity contribution is 1.07. The zero-order valence-electron chi connectivity index (χ0n) is 30.5. The zero-order chi connectivity index (χ0) is 37.5. The molecule has 4 heterocycles. The molecule has 0 aliphatic heterocycles. The highest BCUT2D eigenvalue weighted by Crippen LogP contribution is 2.44. The molecule has 6 heteroatoms. The second-order valence-corrected chi connectivity index (χ2v) is 15.5. The molecule has 4 aromatic heterocycles. The Kier molecular flexibility index (Phi) is 7.03. The third-order valence-electron chi connectivity index (χ3n) is 11.2. The van der Waals surface area contributed by atoms with Crippen LogP contribution in [0.15, 0.2) is 188 Å². The Labute approximate surface area is 331 Å². The van der Waals surface area contributed by atoms with Crippen molar-refractivity contribution in [3.05, 3.63) is 188 Å². The smallest absolute Gasteiger partial charge is 0.164 e. The number of hydrogen-bond donors (Lipinski definition) is 0. The molecule has 8 aromatic carbocycles. The zero-order valence-corrected chi connectivity index (χ0v) is 31.4. The number of benzene rings is 8. The van der Waals surface area contributed by atoms with Crippen molar-refractivity contribution in [3.8, 4) is 45.5 Å². The minimum atomic E-state index is 0.628. The van der Waals surface area contributed by atoms with Crippen LogP contribution in [0.3, 0.4) is 0 Å². The number of nitrogens with zero attached hydrogens (tertiary/aromatic N) is 5. The predicted molar refractivity (Wildman–Crippen MR) is 238 cm³/mol. The molecule has 0 atom stereocenters. The number of fused-ring (bicyclic) bond motifs is 10. The highest BCUT2D eigenvalue weighted by Gasteiger charge is 2.21. The topological polar surface area (TPSA) is 48.5 Å². The molecule has 0 spiro atoms. The normalized spacial score (nSPS) is 11.9. The highest BCUT2D eigenvalue weighted by atomic mass is 32.1. The molecule has 0 fully saturated rings. The maximum absolute atomic E-state index is 5.10. The molecule has 266 valence electrons. The van der Waals surface area contributed by atoms with Gasteiger partial charge < -0.3 is 9.13 Å². The first kappa shape index (κ1) is 31.9. The van der Waals surface area contributed by atoms with Crippen molar-refractivity contribution in [2.75, 3.05) is 0 Å². The summed E-state index contributed by atoms with van der Waals surface area (Å²) in [5.74, 6) is 1.91. The van der Waals surface area contributed by atoms with Crippen LogP contribution in [-0.4, -0.2) is 24.1 Å². The van der Waals surface area contributed by atoms with E-state index in [4.69, 9.17) is 15.0 Å². The van der Waals surface area contributed by atoms with Crippen molar-refractivity contribution >= 4 is 75.1 Å². The van der Waals surface area contributed by atoms with E-state index < -0.39 is 0 Å². The molecular weight excluding hydrogens is 715 g/mol. The van der Waals surface area contributed by atoms with Gasteiger partial charge in [-0.25, -0.2) is 15.0 Å². The Balaban J connectivity index is 1.14. The Morgan fingerprint density at radius 2 is 0.842 bits per heavy atom. The van der Waals surface area contributed by atoms with Gasteiger partial charge in [-0.3, -0.25) is 0 Å². The number of para-hydroxylation sites is 2. The van der Waals surface area contributed by atoms with E-state index in [1.807, 2.05) is 72.0 Å². The summed E-state index contributed by atoms with van der Waals surface area (Å²) in [6, 6.07) is 66.7. The molecule has 0 amide bonds. The predicted octanol–water partition coefficient (Wildman–Crippen LogP) is 13.4. The molecule has 0 bridgehead atoms. The van der Waals surface area contributed by atoms with Crippen LogP contribution >= 0.6 is 11.3 Å². The molecule has 5 nitrogen and oxygen atoms in total. The van der Waals surface area contributed by atoms with Crippen LogP contribution in [-0.2, 0) is 0 Å². The standard InChI is InChI=1S/C51H31N5S/c1-3-14-32(15-4-1)49-52-50(33-16-5-2-6-17-33)54-51(53-49)34-18-13-19-35(30-34)56-45-31-36(55-43-23-10-7-20-37(43)38-21-8-11-24-44(38)55)26-27-39(45)41-28-29-42-40-22-9-12-25-46(40)57-48(42)47(41)56/h1-31H. The van der Waals surface area contributed by atoms with Crippen LogP contribution in [0, 0.1) is 0 Å². The first-order valence-corrected chi connectivity index (χ1v) is 19.9. The lowest BCUT2D eigenvalue weighted by Crippen LogP contribution is -2.01. The third kappa shape index (κ3) is 4.98. The van der Waals surface area contributed by atoms with Crippen molar-refractivity contribution in [2.24, 2.45) is 0 Å². The SMILES string of the molecule is c1ccc(-c2nc(-c3ccccc3)nc(-c3cccc(-n4c5cc(-n6c7ccccc7c7ccccc76)ccc5c5ccc6c7ccccc7sc6c54)c3)n2)cc1. The van der Waals surface area contributed by atoms with Crippen molar-refractivity contribution in [3.63, 3.8) is 0 Å². The van der Waals surface area contributed by atoms with Gasteiger partial charge in [0.25, 0.3) is 0 Å². The van der Waals surface area contributed by atoms with Gasteiger partial charge in [0.15, 0.2) is 17.5 Å². The van der Waals surface area contributed by atoms with Crippen LogP contribution in [0.2, 0.25) is 0 Å². The molecule has 0 N–H and O–H groups in total. The molecule has 12 aromatic rings. The highest BCUT2D eigenvalue weighted by molar-refractivity contribution is 7.26. The van der Waals surface area contributed by atoms with Crippen LogP contribution in [0.25, 0.3) is 109 Å². The fourth-order valence-electron chi connectivity index (χ4n) is 8.60. The van der Waals surface area contributed by atoms with E-state index in [0.717, 1.165) is 33.6 Å². The number of hydrogen-bond acceptors (Lipinski definition) is 4. The average molecular weight is 746 g/mol. The summed E-state index contributed by atoms with van der Waals surface area (Å²) in [4.78, 5) is 15.2. The molecule has 0 saturated carbocycles. The number of thiophene rings is 1. The summed E-state index contributed by atoms with van der Waals surface area (Å²) in [5, 5.41) is 7.47. The molecule has 12 rings (SSSR count). The van der Waals surface area contributed by atoms with Crippen LogP contribution in [0.1, 0.15) is 0 Å². The monoisotopic (exact) mass is 745 g/mol. The van der Waals surface area contributed by atoms with E-state index in [0.29, 0.717) is 17.5 Å².